The Kier molecular flexibility index (Phi) is 5.13. The molecule has 1 aliphatic rings. The van der Waals surface area contributed by atoms with Gasteiger partial charge in [0.1, 0.15) is 0 Å². The molecule has 3 unspecified atom stereocenters. The van der Waals surface area contributed by atoms with E-state index in [0.717, 1.165) is 12.5 Å². The third kappa shape index (κ3) is 3.51. The van der Waals surface area contributed by atoms with Crippen molar-refractivity contribution in [2.75, 3.05) is 6.54 Å². The molecule has 1 aromatic heterocycles. The molecule has 3 nitrogen and oxygen atoms in total. The van der Waals surface area contributed by atoms with Crippen molar-refractivity contribution in [2.24, 2.45) is 13.0 Å². The van der Waals surface area contributed by atoms with Gasteiger partial charge in [0.05, 0.1) is 6.20 Å². The Morgan fingerprint density at radius 2 is 2.28 bits per heavy atom. The number of nitrogens with one attached hydrogen (secondary N) is 1. The van der Waals surface area contributed by atoms with Gasteiger partial charge in [0.2, 0.25) is 0 Å². The van der Waals surface area contributed by atoms with E-state index in [1.807, 2.05) is 29.7 Å². The van der Waals surface area contributed by atoms with Crippen LogP contribution in [-0.2, 0) is 7.05 Å². The average Bonchev–Trinajstić information content (AvgIpc) is 2.77. The predicted octanol–water partition coefficient (Wildman–Crippen LogP) is 3.07. The van der Waals surface area contributed by atoms with Gasteiger partial charge in [-0.05, 0) is 31.7 Å². The number of hydrogen-bond acceptors (Lipinski definition) is 3. The van der Waals surface area contributed by atoms with Gasteiger partial charge in [-0.1, -0.05) is 20.3 Å². The Labute approximate surface area is 115 Å². The van der Waals surface area contributed by atoms with Crippen LogP contribution < -0.4 is 5.32 Å². The van der Waals surface area contributed by atoms with Gasteiger partial charge >= 0.3 is 0 Å². The molecule has 1 N–H and O–H groups in total. The summed E-state index contributed by atoms with van der Waals surface area (Å²) in [5.74, 6) is 0.911. The van der Waals surface area contributed by atoms with Crippen LogP contribution in [-0.4, -0.2) is 27.6 Å². The van der Waals surface area contributed by atoms with Crippen molar-refractivity contribution in [1.29, 1.82) is 0 Å². The van der Waals surface area contributed by atoms with E-state index in [2.05, 4.69) is 30.5 Å². The molecule has 4 heteroatoms. The molecule has 0 amide bonds. The normalized spacial score (nSPS) is 28.5. The minimum absolute atomic E-state index is 0.669. The first-order valence-corrected chi connectivity index (χ1v) is 7.99. The molecule has 1 saturated carbocycles. The molecule has 0 spiro atoms. The molecule has 1 aromatic rings. The number of aromatic nitrogens is 2. The fourth-order valence-electron chi connectivity index (χ4n) is 2.84. The minimum Gasteiger partial charge on any atom is -0.313 e. The van der Waals surface area contributed by atoms with E-state index in [-0.39, 0.29) is 0 Å². The summed E-state index contributed by atoms with van der Waals surface area (Å²) in [6, 6.07) is 0.669. The van der Waals surface area contributed by atoms with Crippen LogP contribution in [0, 0.1) is 5.92 Å². The summed E-state index contributed by atoms with van der Waals surface area (Å²) in [5, 5.41) is 8.63. The Morgan fingerprint density at radius 3 is 2.89 bits per heavy atom. The van der Waals surface area contributed by atoms with Crippen LogP contribution in [0.1, 0.15) is 39.5 Å². The van der Waals surface area contributed by atoms with E-state index in [0.29, 0.717) is 11.3 Å². The number of nitrogens with zero attached hydrogens (tertiary/aromatic N) is 2. The van der Waals surface area contributed by atoms with Crippen molar-refractivity contribution in [3.05, 3.63) is 12.4 Å². The van der Waals surface area contributed by atoms with Crippen molar-refractivity contribution in [1.82, 2.24) is 15.1 Å². The van der Waals surface area contributed by atoms with Gasteiger partial charge in [-0.25, -0.2) is 0 Å². The maximum atomic E-state index is 4.27. The van der Waals surface area contributed by atoms with Crippen molar-refractivity contribution in [2.45, 2.75) is 55.7 Å². The van der Waals surface area contributed by atoms with Crippen molar-refractivity contribution >= 4 is 11.8 Å². The Morgan fingerprint density at radius 1 is 1.44 bits per heavy atom. The fraction of sp³-hybridized carbons (Fsp3) is 0.786. The monoisotopic (exact) mass is 267 g/mol. The van der Waals surface area contributed by atoms with E-state index < -0.39 is 0 Å². The summed E-state index contributed by atoms with van der Waals surface area (Å²) in [7, 11) is 1.99. The highest BCUT2D eigenvalue weighted by atomic mass is 32.2. The van der Waals surface area contributed by atoms with Crippen molar-refractivity contribution in [3.63, 3.8) is 0 Å². The van der Waals surface area contributed by atoms with Gasteiger partial charge in [0.15, 0.2) is 0 Å². The van der Waals surface area contributed by atoms with Crippen LogP contribution in [0.4, 0.5) is 0 Å². The minimum atomic E-state index is 0.669. The van der Waals surface area contributed by atoms with Gasteiger partial charge in [-0.15, -0.1) is 11.8 Å². The standard InChI is InChI=1S/C14H25N3S/c1-4-11-6-7-13(15-5-2)14(8-11)18-12-9-16-17(3)10-12/h9-11,13-15H,4-8H2,1-3H3. The van der Waals surface area contributed by atoms with E-state index in [4.69, 9.17) is 0 Å². The van der Waals surface area contributed by atoms with Crippen LogP contribution in [0.3, 0.4) is 0 Å². The SMILES string of the molecule is CCNC1CCC(CC)CC1Sc1cnn(C)c1. The molecular formula is C14H25N3S. The van der Waals surface area contributed by atoms with E-state index in [1.165, 1.54) is 30.6 Å². The highest BCUT2D eigenvalue weighted by Gasteiger charge is 2.30. The van der Waals surface area contributed by atoms with E-state index in [1.54, 1.807) is 0 Å². The van der Waals surface area contributed by atoms with Gasteiger partial charge in [0, 0.05) is 29.4 Å². The molecule has 0 saturated heterocycles. The van der Waals surface area contributed by atoms with E-state index >= 15 is 0 Å². The topological polar surface area (TPSA) is 29.9 Å². The smallest absolute Gasteiger partial charge is 0.0625 e. The maximum absolute atomic E-state index is 4.27. The Hall–Kier alpha value is -0.480. The first kappa shape index (κ1) is 13.9. The number of thioether (sulfide) groups is 1. The van der Waals surface area contributed by atoms with E-state index in [9.17, 15) is 0 Å². The highest BCUT2D eigenvalue weighted by Crippen LogP contribution is 2.37. The van der Waals surface area contributed by atoms with Crippen molar-refractivity contribution < 1.29 is 0 Å². The third-order valence-corrected chi connectivity index (χ3v) is 5.22. The van der Waals surface area contributed by atoms with Gasteiger partial charge in [0.25, 0.3) is 0 Å². The molecule has 0 aliphatic heterocycles. The fourth-order valence-corrected chi connectivity index (χ4v) is 4.28. The summed E-state index contributed by atoms with van der Waals surface area (Å²) < 4.78 is 1.89. The molecule has 102 valence electrons. The predicted molar refractivity (Wildman–Crippen MR) is 77.9 cm³/mol. The summed E-state index contributed by atoms with van der Waals surface area (Å²) in [4.78, 5) is 1.31. The van der Waals surface area contributed by atoms with Gasteiger partial charge < -0.3 is 5.32 Å². The lowest BCUT2D eigenvalue weighted by molar-refractivity contribution is 0.298. The highest BCUT2D eigenvalue weighted by molar-refractivity contribution is 8.00. The maximum Gasteiger partial charge on any atom is 0.0625 e. The second-order valence-corrected chi connectivity index (χ2v) is 6.57. The average molecular weight is 267 g/mol. The Bertz CT molecular complexity index is 364. The first-order chi connectivity index (χ1) is 8.72. The molecule has 0 bridgehead atoms. The zero-order chi connectivity index (χ0) is 13.0. The quantitative estimate of drug-likeness (QED) is 0.889. The third-order valence-electron chi connectivity index (χ3n) is 3.91. The Balaban J connectivity index is 2.00. The van der Waals surface area contributed by atoms with Crippen LogP contribution >= 0.6 is 11.8 Å². The number of rotatable bonds is 5. The van der Waals surface area contributed by atoms with Gasteiger partial charge in [-0.3, -0.25) is 4.68 Å². The molecule has 2 rings (SSSR count). The lowest BCUT2D eigenvalue weighted by atomic mass is 9.84. The number of hydrogen-bond donors (Lipinski definition) is 1. The molecule has 1 fully saturated rings. The molecular weight excluding hydrogens is 242 g/mol. The first-order valence-electron chi connectivity index (χ1n) is 7.11. The summed E-state index contributed by atoms with van der Waals surface area (Å²) in [6.07, 6.45) is 9.49. The lowest BCUT2D eigenvalue weighted by Gasteiger charge is -2.35. The molecule has 0 aromatic carbocycles. The second-order valence-electron chi connectivity index (χ2n) is 5.26. The number of aryl methyl sites for hydroxylation is 1. The molecule has 1 aliphatic carbocycles. The molecule has 0 radical (unpaired) electrons. The summed E-state index contributed by atoms with van der Waals surface area (Å²) in [5.41, 5.74) is 0. The molecule has 1 heterocycles. The molecule has 3 atom stereocenters. The molecule has 18 heavy (non-hydrogen) atoms. The van der Waals surface area contributed by atoms with Crippen LogP contribution in [0.25, 0.3) is 0 Å². The zero-order valence-corrected chi connectivity index (χ0v) is 12.5. The van der Waals surface area contributed by atoms with Crippen LogP contribution in [0.5, 0.6) is 0 Å². The second kappa shape index (κ2) is 6.62. The van der Waals surface area contributed by atoms with Crippen molar-refractivity contribution in [3.8, 4) is 0 Å². The summed E-state index contributed by atoms with van der Waals surface area (Å²) >= 11 is 2.01. The van der Waals surface area contributed by atoms with Crippen LogP contribution in [0.15, 0.2) is 17.3 Å². The van der Waals surface area contributed by atoms with Crippen LogP contribution in [0.2, 0.25) is 0 Å². The van der Waals surface area contributed by atoms with Gasteiger partial charge in [-0.2, -0.15) is 5.10 Å². The largest absolute Gasteiger partial charge is 0.313 e. The summed E-state index contributed by atoms with van der Waals surface area (Å²) in [6.45, 7) is 5.60. The lowest BCUT2D eigenvalue weighted by Crippen LogP contribution is -2.42. The zero-order valence-electron chi connectivity index (χ0n) is 11.7.